The molecule has 0 unspecified atom stereocenters. The molecule has 0 bridgehead atoms. The van der Waals surface area contributed by atoms with Crippen molar-refractivity contribution in [1.82, 2.24) is 14.9 Å². The van der Waals surface area contributed by atoms with Crippen LogP contribution in [-0.4, -0.2) is 47.0 Å². The molecule has 108 valence electrons. The number of aromatic nitrogens is 2. The molecule has 2 fully saturated rings. The normalized spacial score (nSPS) is 20.0. The van der Waals surface area contributed by atoms with Crippen LogP contribution >= 0.6 is 0 Å². The van der Waals surface area contributed by atoms with Gasteiger partial charge in [-0.1, -0.05) is 12.8 Å². The molecular weight excluding hydrogens is 252 g/mol. The quantitative estimate of drug-likeness (QED) is 0.828. The van der Waals surface area contributed by atoms with E-state index in [1.165, 1.54) is 25.7 Å². The maximum absolute atomic E-state index is 12.5. The molecule has 1 amide bonds. The lowest BCUT2D eigenvalue weighted by atomic mass is 10.2. The van der Waals surface area contributed by atoms with Gasteiger partial charge in [0.25, 0.3) is 5.91 Å². The topological polar surface area (TPSA) is 49.3 Å². The summed E-state index contributed by atoms with van der Waals surface area (Å²) < 4.78 is 0. The van der Waals surface area contributed by atoms with Gasteiger partial charge in [0.15, 0.2) is 0 Å². The molecule has 5 heteroatoms. The van der Waals surface area contributed by atoms with E-state index in [0.29, 0.717) is 11.6 Å². The van der Waals surface area contributed by atoms with Gasteiger partial charge in [0.2, 0.25) is 5.95 Å². The molecule has 0 aromatic carbocycles. The minimum absolute atomic E-state index is 0.0646. The Bertz CT molecular complexity index is 463. The summed E-state index contributed by atoms with van der Waals surface area (Å²) in [6, 6.07) is 1.74. The predicted molar refractivity (Wildman–Crippen MR) is 77.9 cm³/mol. The van der Waals surface area contributed by atoms with E-state index in [2.05, 4.69) is 14.9 Å². The van der Waals surface area contributed by atoms with Crippen LogP contribution in [0, 0.1) is 0 Å². The van der Waals surface area contributed by atoms with Crippen molar-refractivity contribution in [3.8, 4) is 0 Å². The Kier molecular flexibility index (Phi) is 4.14. The Labute approximate surface area is 120 Å². The third kappa shape index (κ3) is 2.92. The van der Waals surface area contributed by atoms with Crippen LogP contribution in [0.1, 0.15) is 49.0 Å². The van der Waals surface area contributed by atoms with Gasteiger partial charge in [-0.15, -0.1) is 0 Å². The van der Waals surface area contributed by atoms with Crippen molar-refractivity contribution in [1.29, 1.82) is 0 Å². The third-order valence-electron chi connectivity index (χ3n) is 4.14. The molecular formula is C15H22N4O. The molecule has 0 saturated carbocycles. The average Bonchev–Trinajstić information content (AvgIpc) is 2.89. The fraction of sp³-hybridized carbons (Fsp3) is 0.667. The SMILES string of the molecule is O=C(c1ccnc(N2CCCC2)n1)N1CCCCCC1. The summed E-state index contributed by atoms with van der Waals surface area (Å²) in [5, 5.41) is 0. The Morgan fingerprint density at radius 3 is 2.30 bits per heavy atom. The van der Waals surface area contributed by atoms with Crippen LogP contribution in [-0.2, 0) is 0 Å². The molecule has 0 spiro atoms. The Morgan fingerprint density at radius 2 is 1.60 bits per heavy atom. The van der Waals surface area contributed by atoms with Crippen molar-refractivity contribution in [3.63, 3.8) is 0 Å². The van der Waals surface area contributed by atoms with Gasteiger partial charge >= 0.3 is 0 Å². The highest BCUT2D eigenvalue weighted by molar-refractivity contribution is 5.92. The first-order valence-electron chi connectivity index (χ1n) is 7.72. The highest BCUT2D eigenvalue weighted by atomic mass is 16.2. The predicted octanol–water partition coefficient (Wildman–Crippen LogP) is 2.09. The van der Waals surface area contributed by atoms with Crippen molar-refractivity contribution in [3.05, 3.63) is 18.0 Å². The molecule has 3 rings (SSSR count). The average molecular weight is 274 g/mol. The molecule has 0 radical (unpaired) electrons. The van der Waals surface area contributed by atoms with E-state index in [1.54, 1.807) is 12.3 Å². The number of carbonyl (C=O) groups excluding carboxylic acids is 1. The van der Waals surface area contributed by atoms with Crippen LogP contribution in [0.15, 0.2) is 12.3 Å². The molecule has 2 aliphatic rings. The molecule has 20 heavy (non-hydrogen) atoms. The van der Waals surface area contributed by atoms with E-state index in [4.69, 9.17) is 0 Å². The lowest BCUT2D eigenvalue weighted by molar-refractivity contribution is 0.0755. The summed E-state index contributed by atoms with van der Waals surface area (Å²) in [6.07, 6.45) is 8.76. The molecule has 1 aromatic rings. The van der Waals surface area contributed by atoms with E-state index in [0.717, 1.165) is 39.0 Å². The zero-order valence-corrected chi connectivity index (χ0v) is 11.9. The third-order valence-corrected chi connectivity index (χ3v) is 4.14. The highest BCUT2D eigenvalue weighted by Gasteiger charge is 2.21. The van der Waals surface area contributed by atoms with Crippen molar-refractivity contribution >= 4 is 11.9 Å². The molecule has 2 aliphatic heterocycles. The van der Waals surface area contributed by atoms with Crippen molar-refractivity contribution in [2.45, 2.75) is 38.5 Å². The Morgan fingerprint density at radius 1 is 0.950 bits per heavy atom. The van der Waals surface area contributed by atoms with E-state index in [9.17, 15) is 4.79 Å². The molecule has 1 aromatic heterocycles. The minimum atomic E-state index is 0.0646. The number of rotatable bonds is 2. The fourth-order valence-electron chi connectivity index (χ4n) is 2.97. The number of likely N-dealkylation sites (tertiary alicyclic amines) is 1. The van der Waals surface area contributed by atoms with E-state index in [1.807, 2.05) is 4.90 Å². The van der Waals surface area contributed by atoms with Gasteiger partial charge in [0.05, 0.1) is 0 Å². The Balaban J connectivity index is 1.75. The molecule has 0 aliphatic carbocycles. The first kappa shape index (κ1) is 13.3. The second-order valence-electron chi connectivity index (χ2n) is 5.64. The maximum Gasteiger partial charge on any atom is 0.272 e. The number of amides is 1. The zero-order valence-electron chi connectivity index (χ0n) is 11.9. The van der Waals surface area contributed by atoms with Gasteiger partial charge in [-0.05, 0) is 31.7 Å². The standard InChI is InChI=1S/C15H22N4O/c20-14(18-9-3-1-2-4-10-18)13-7-8-16-15(17-13)19-11-5-6-12-19/h7-8H,1-6,9-12H2. The second-order valence-corrected chi connectivity index (χ2v) is 5.64. The zero-order chi connectivity index (χ0) is 13.8. The first-order chi connectivity index (χ1) is 9.84. The maximum atomic E-state index is 12.5. The molecule has 2 saturated heterocycles. The molecule has 5 nitrogen and oxygen atoms in total. The summed E-state index contributed by atoms with van der Waals surface area (Å²) >= 11 is 0. The van der Waals surface area contributed by atoms with E-state index < -0.39 is 0 Å². The summed E-state index contributed by atoms with van der Waals surface area (Å²) in [5.41, 5.74) is 0.545. The first-order valence-corrected chi connectivity index (χ1v) is 7.72. The molecule has 0 N–H and O–H groups in total. The van der Waals surface area contributed by atoms with Gasteiger partial charge in [0, 0.05) is 32.4 Å². The second kappa shape index (κ2) is 6.20. The number of hydrogen-bond acceptors (Lipinski definition) is 4. The number of nitrogens with zero attached hydrogens (tertiary/aromatic N) is 4. The van der Waals surface area contributed by atoms with E-state index in [-0.39, 0.29) is 5.91 Å². The summed E-state index contributed by atoms with van der Waals surface area (Å²) in [4.78, 5) is 25.4. The van der Waals surface area contributed by atoms with Crippen molar-refractivity contribution in [2.24, 2.45) is 0 Å². The fourth-order valence-corrected chi connectivity index (χ4v) is 2.97. The summed E-state index contributed by atoms with van der Waals surface area (Å²) in [5.74, 6) is 0.776. The summed E-state index contributed by atoms with van der Waals surface area (Å²) in [7, 11) is 0. The largest absolute Gasteiger partial charge is 0.341 e. The highest BCUT2D eigenvalue weighted by Crippen LogP contribution is 2.17. The van der Waals surface area contributed by atoms with Crippen molar-refractivity contribution in [2.75, 3.05) is 31.1 Å². The van der Waals surface area contributed by atoms with Crippen LogP contribution in [0.5, 0.6) is 0 Å². The van der Waals surface area contributed by atoms with Crippen LogP contribution in [0.3, 0.4) is 0 Å². The van der Waals surface area contributed by atoms with Crippen LogP contribution in [0.4, 0.5) is 5.95 Å². The lowest BCUT2D eigenvalue weighted by Crippen LogP contribution is -2.33. The molecule has 3 heterocycles. The Hall–Kier alpha value is -1.65. The smallest absolute Gasteiger partial charge is 0.272 e. The monoisotopic (exact) mass is 274 g/mol. The number of carbonyl (C=O) groups is 1. The van der Waals surface area contributed by atoms with Crippen LogP contribution < -0.4 is 4.90 Å². The van der Waals surface area contributed by atoms with Crippen LogP contribution in [0.2, 0.25) is 0 Å². The van der Waals surface area contributed by atoms with Crippen molar-refractivity contribution < 1.29 is 4.79 Å². The lowest BCUT2D eigenvalue weighted by Gasteiger charge is -2.21. The van der Waals surface area contributed by atoms with Gasteiger partial charge in [0.1, 0.15) is 5.69 Å². The van der Waals surface area contributed by atoms with Gasteiger partial charge in [-0.2, -0.15) is 0 Å². The van der Waals surface area contributed by atoms with Gasteiger partial charge in [-0.3, -0.25) is 4.79 Å². The van der Waals surface area contributed by atoms with Crippen LogP contribution in [0.25, 0.3) is 0 Å². The molecule has 0 atom stereocenters. The van der Waals surface area contributed by atoms with Gasteiger partial charge in [-0.25, -0.2) is 9.97 Å². The number of hydrogen-bond donors (Lipinski definition) is 0. The number of anilines is 1. The van der Waals surface area contributed by atoms with Gasteiger partial charge < -0.3 is 9.80 Å². The summed E-state index contributed by atoms with van der Waals surface area (Å²) in [6.45, 7) is 3.73. The minimum Gasteiger partial charge on any atom is -0.341 e. The van der Waals surface area contributed by atoms with E-state index >= 15 is 0 Å².